The minimum Gasteiger partial charge on any atom is -0.481 e. The topological polar surface area (TPSA) is 63.6 Å². The van der Waals surface area contributed by atoms with Gasteiger partial charge in [0.15, 0.2) is 0 Å². The number of ether oxygens (including phenoxy) is 1. The summed E-state index contributed by atoms with van der Waals surface area (Å²) in [6.07, 6.45) is 29.7. The number of carbonyl (C=O) groups excluding carboxylic acids is 1. The van der Waals surface area contributed by atoms with E-state index >= 15 is 0 Å². The molecule has 4 heteroatoms. The molecule has 0 rings (SSSR count). The molecule has 200 valence electrons. The van der Waals surface area contributed by atoms with Crippen molar-refractivity contribution in [3.63, 3.8) is 0 Å². The molecule has 0 amide bonds. The lowest BCUT2D eigenvalue weighted by Crippen LogP contribution is -2.16. The van der Waals surface area contributed by atoms with Gasteiger partial charge in [-0.2, -0.15) is 0 Å². The molecule has 0 saturated heterocycles. The van der Waals surface area contributed by atoms with Gasteiger partial charge in [0.05, 0.1) is 0 Å². The molecular formula is C30H56O4. The van der Waals surface area contributed by atoms with Crippen molar-refractivity contribution in [2.24, 2.45) is 0 Å². The summed E-state index contributed by atoms with van der Waals surface area (Å²) < 4.78 is 5.74. The maximum absolute atomic E-state index is 12.3. The maximum atomic E-state index is 12.3. The molecule has 0 fully saturated rings. The molecule has 34 heavy (non-hydrogen) atoms. The first-order chi connectivity index (χ1) is 16.6. The Balaban J connectivity index is 3.74. The monoisotopic (exact) mass is 480 g/mol. The van der Waals surface area contributed by atoms with Gasteiger partial charge in [0.2, 0.25) is 0 Å². The first kappa shape index (κ1) is 32.7. The van der Waals surface area contributed by atoms with Gasteiger partial charge >= 0.3 is 11.9 Å². The molecule has 4 nitrogen and oxygen atoms in total. The third-order valence-electron chi connectivity index (χ3n) is 6.45. The van der Waals surface area contributed by atoms with E-state index in [2.05, 4.69) is 19.9 Å². The van der Waals surface area contributed by atoms with Crippen molar-refractivity contribution in [1.29, 1.82) is 0 Å². The Hall–Kier alpha value is -1.32. The van der Waals surface area contributed by atoms with E-state index in [1.807, 2.05) is 6.08 Å². The minimum absolute atomic E-state index is 0.0732. The first-order valence-corrected chi connectivity index (χ1v) is 14.7. The average Bonchev–Trinajstić information content (AvgIpc) is 2.81. The van der Waals surface area contributed by atoms with E-state index in [0.29, 0.717) is 6.42 Å². The summed E-state index contributed by atoms with van der Waals surface area (Å²) in [5, 5.41) is 8.71. The Morgan fingerprint density at radius 1 is 0.647 bits per heavy atom. The van der Waals surface area contributed by atoms with E-state index < -0.39 is 5.97 Å². The van der Waals surface area contributed by atoms with Crippen LogP contribution in [0.4, 0.5) is 0 Å². The highest BCUT2D eigenvalue weighted by Gasteiger charge is 2.11. The van der Waals surface area contributed by atoms with Crippen LogP contribution in [0.3, 0.4) is 0 Å². The summed E-state index contributed by atoms with van der Waals surface area (Å²) in [7, 11) is 0. The van der Waals surface area contributed by atoms with Crippen LogP contribution in [0.2, 0.25) is 0 Å². The third-order valence-corrected chi connectivity index (χ3v) is 6.45. The summed E-state index contributed by atoms with van der Waals surface area (Å²) in [4.78, 5) is 22.9. The fourth-order valence-electron chi connectivity index (χ4n) is 4.28. The summed E-state index contributed by atoms with van der Waals surface area (Å²) in [6, 6.07) is 0. The average molecular weight is 481 g/mol. The molecule has 0 aliphatic rings. The predicted octanol–water partition coefficient (Wildman–Crippen LogP) is 9.55. The van der Waals surface area contributed by atoms with Crippen molar-refractivity contribution in [3.05, 3.63) is 12.2 Å². The van der Waals surface area contributed by atoms with Gasteiger partial charge in [0, 0.05) is 12.8 Å². The number of carboxylic acids is 1. The van der Waals surface area contributed by atoms with Crippen molar-refractivity contribution >= 4 is 11.9 Å². The molecule has 1 N–H and O–H groups in total. The Bertz CT molecular complexity index is 486. The molecule has 1 atom stereocenters. The zero-order valence-corrected chi connectivity index (χ0v) is 22.7. The smallest absolute Gasteiger partial charge is 0.306 e. The van der Waals surface area contributed by atoms with Crippen LogP contribution >= 0.6 is 0 Å². The molecule has 0 heterocycles. The van der Waals surface area contributed by atoms with Crippen LogP contribution in [0.1, 0.15) is 162 Å². The third kappa shape index (κ3) is 25.3. The molecule has 0 aliphatic carbocycles. The van der Waals surface area contributed by atoms with Crippen molar-refractivity contribution in [1.82, 2.24) is 0 Å². The van der Waals surface area contributed by atoms with Gasteiger partial charge in [-0.1, -0.05) is 123 Å². The zero-order valence-electron chi connectivity index (χ0n) is 22.7. The Morgan fingerprint density at radius 2 is 1.12 bits per heavy atom. The highest BCUT2D eigenvalue weighted by atomic mass is 16.5. The van der Waals surface area contributed by atoms with Crippen molar-refractivity contribution < 1.29 is 19.4 Å². The molecule has 0 aromatic carbocycles. The molecular weight excluding hydrogens is 424 g/mol. The van der Waals surface area contributed by atoms with Crippen LogP contribution in [-0.2, 0) is 14.3 Å². The second kappa shape index (κ2) is 26.3. The molecule has 0 aromatic rings. The van der Waals surface area contributed by atoms with Crippen molar-refractivity contribution in [2.45, 2.75) is 168 Å². The van der Waals surface area contributed by atoms with E-state index in [1.165, 1.54) is 77.0 Å². The lowest BCUT2D eigenvalue weighted by Gasteiger charge is -2.14. The van der Waals surface area contributed by atoms with Crippen LogP contribution in [0.15, 0.2) is 12.2 Å². The maximum Gasteiger partial charge on any atom is 0.306 e. The quantitative estimate of drug-likeness (QED) is 0.0760. The van der Waals surface area contributed by atoms with Gasteiger partial charge in [-0.25, -0.2) is 0 Å². The van der Waals surface area contributed by atoms with Gasteiger partial charge < -0.3 is 9.84 Å². The molecule has 0 aromatic heterocycles. The number of esters is 1. The van der Waals surface area contributed by atoms with Crippen LogP contribution < -0.4 is 0 Å². The normalized spacial score (nSPS) is 12.3. The first-order valence-electron chi connectivity index (χ1n) is 14.7. The van der Waals surface area contributed by atoms with E-state index in [4.69, 9.17) is 9.84 Å². The molecule has 0 aliphatic heterocycles. The highest BCUT2D eigenvalue weighted by Crippen LogP contribution is 2.15. The van der Waals surface area contributed by atoms with E-state index in [0.717, 1.165) is 57.8 Å². The second-order valence-electron chi connectivity index (χ2n) is 9.94. The number of allylic oxidation sites excluding steroid dienone is 1. The van der Waals surface area contributed by atoms with Crippen molar-refractivity contribution in [2.75, 3.05) is 0 Å². The number of aliphatic carboxylic acids is 1. The number of rotatable bonds is 26. The van der Waals surface area contributed by atoms with Gasteiger partial charge in [0.25, 0.3) is 0 Å². The van der Waals surface area contributed by atoms with E-state index in [-0.39, 0.29) is 18.5 Å². The Labute approximate surface area is 211 Å². The van der Waals surface area contributed by atoms with E-state index in [9.17, 15) is 9.59 Å². The van der Waals surface area contributed by atoms with Gasteiger partial charge in [-0.05, 0) is 38.2 Å². The summed E-state index contributed by atoms with van der Waals surface area (Å²) >= 11 is 0. The molecule has 0 spiro atoms. The number of hydrogen-bond acceptors (Lipinski definition) is 3. The summed E-state index contributed by atoms with van der Waals surface area (Å²) in [5.41, 5.74) is 0. The summed E-state index contributed by atoms with van der Waals surface area (Å²) in [5.74, 6) is -0.797. The lowest BCUT2D eigenvalue weighted by atomic mass is 10.0. The van der Waals surface area contributed by atoms with Crippen LogP contribution in [0.5, 0.6) is 0 Å². The van der Waals surface area contributed by atoms with E-state index in [1.54, 1.807) is 0 Å². The number of unbranched alkanes of at least 4 members (excludes halogenated alkanes) is 17. The number of carbonyl (C=O) groups is 2. The highest BCUT2D eigenvalue weighted by molar-refractivity contribution is 5.69. The molecule has 1 unspecified atom stereocenters. The number of carboxylic acid groups (broad SMARTS) is 1. The number of hydrogen-bond donors (Lipinski definition) is 1. The van der Waals surface area contributed by atoms with Gasteiger partial charge in [-0.3, -0.25) is 9.59 Å². The van der Waals surface area contributed by atoms with Crippen LogP contribution in [-0.4, -0.2) is 23.1 Å². The Morgan fingerprint density at radius 3 is 1.62 bits per heavy atom. The van der Waals surface area contributed by atoms with Crippen molar-refractivity contribution in [3.8, 4) is 0 Å². The van der Waals surface area contributed by atoms with Crippen LogP contribution in [0.25, 0.3) is 0 Å². The second-order valence-corrected chi connectivity index (χ2v) is 9.94. The fraction of sp³-hybridized carbons (Fsp3) is 0.867. The predicted molar refractivity (Wildman–Crippen MR) is 144 cm³/mol. The fourth-order valence-corrected chi connectivity index (χ4v) is 4.28. The zero-order chi connectivity index (χ0) is 25.1. The minimum atomic E-state index is -0.724. The Kier molecular flexibility index (Phi) is 25.3. The SMILES string of the molecule is CCC/C=C\C(CCCCCCC(=O)O)OC(=O)CCCCCCCCCCCCCCCC. The molecule has 0 saturated carbocycles. The van der Waals surface area contributed by atoms with Gasteiger partial charge in [0.1, 0.15) is 6.10 Å². The standard InChI is InChI=1S/C30H56O4/c1-3-5-7-8-9-10-11-12-13-14-15-16-17-23-27-30(33)34-28(24-20-6-4-2)25-21-18-19-22-26-29(31)32/h20,24,28H,3-19,21-23,25-27H2,1-2H3,(H,31,32)/b24-20-. The lowest BCUT2D eigenvalue weighted by molar-refractivity contribution is -0.147. The van der Waals surface area contributed by atoms with Gasteiger partial charge in [-0.15, -0.1) is 0 Å². The largest absolute Gasteiger partial charge is 0.481 e. The molecule has 0 radical (unpaired) electrons. The summed E-state index contributed by atoms with van der Waals surface area (Å²) in [6.45, 7) is 4.41. The molecule has 0 bridgehead atoms. The van der Waals surface area contributed by atoms with Crippen LogP contribution in [0, 0.1) is 0 Å².